The van der Waals surface area contributed by atoms with Crippen molar-refractivity contribution in [2.75, 3.05) is 6.54 Å². The second-order valence-corrected chi connectivity index (χ2v) is 5.17. The first-order valence-corrected chi connectivity index (χ1v) is 5.65. The van der Waals surface area contributed by atoms with Gasteiger partial charge in [-0.1, -0.05) is 6.07 Å². The number of hydrogen-bond acceptors (Lipinski definition) is 3. The van der Waals surface area contributed by atoms with E-state index in [9.17, 15) is 5.26 Å². The molecule has 0 bridgehead atoms. The molecule has 0 aliphatic carbocycles. The highest BCUT2D eigenvalue weighted by Crippen LogP contribution is 2.37. The van der Waals surface area contributed by atoms with Gasteiger partial charge in [-0.2, -0.15) is 5.26 Å². The Balaban J connectivity index is 2.38. The van der Waals surface area contributed by atoms with Gasteiger partial charge in [-0.15, -0.1) is 0 Å². The molecule has 1 aliphatic heterocycles. The molecule has 84 valence electrons. The van der Waals surface area contributed by atoms with Crippen molar-refractivity contribution in [1.29, 1.82) is 5.26 Å². The Hall–Kier alpha value is -1.40. The Morgan fingerprint density at radius 3 is 2.88 bits per heavy atom. The van der Waals surface area contributed by atoms with Gasteiger partial charge in [-0.3, -0.25) is 4.98 Å². The van der Waals surface area contributed by atoms with Crippen LogP contribution in [0.5, 0.6) is 0 Å². The SMILES string of the molecule is CC1(C)CC(C#N)(c2cccnc2)CCN1. The van der Waals surface area contributed by atoms with Gasteiger partial charge in [0.1, 0.15) is 0 Å². The van der Waals surface area contributed by atoms with Gasteiger partial charge in [0.05, 0.1) is 11.5 Å². The van der Waals surface area contributed by atoms with E-state index in [1.165, 1.54) is 0 Å². The predicted octanol–water partition coefficient (Wildman–Crippen LogP) is 2.00. The van der Waals surface area contributed by atoms with Crippen LogP contribution >= 0.6 is 0 Å². The predicted molar refractivity (Wildman–Crippen MR) is 62.8 cm³/mol. The molecule has 1 N–H and O–H groups in total. The molecule has 1 unspecified atom stereocenters. The normalized spacial score (nSPS) is 28.3. The van der Waals surface area contributed by atoms with E-state index >= 15 is 0 Å². The molecule has 1 fully saturated rings. The smallest absolute Gasteiger partial charge is 0.0866 e. The van der Waals surface area contributed by atoms with Crippen molar-refractivity contribution < 1.29 is 0 Å². The molecule has 1 aliphatic rings. The standard InChI is InChI=1S/C13H17N3/c1-12(2)9-13(10-14,5-7-16-12)11-4-3-6-15-8-11/h3-4,6,8,16H,5,7,9H2,1-2H3. The summed E-state index contributed by atoms with van der Waals surface area (Å²) in [6.45, 7) is 5.18. The monoisotopic (exact) mass is 215 g/mol. The molecule has 0 aromatic carbocycles. The van der Waals surface area contributed by atoms with Crippen LogP contribution in [0.15, 0.2) is 24.5 Å². The minimum atomic E-state index is -0.372. The maximum Gasteiger partial charge on any atom is 0.0866 e. The molecule has 1 saturated heterocycles. The van der Waals surface area contributed by atoms with Crippen LogP contribution in [-0.4, -0.2) is 17.1 Å². The largest absolute Gasteiger partial charge is 0.312 e. The van der Waals surface area contributed by atoms with E-state index in [0.717, 1.165) is 24.9 Å². The van der Waals surface area contributed by atoms with Crippen LogP contribution in [0.1, 0.15) is 32.3 Å². The minimum Gasteiger partial charge on any atom is -0.312 e. The lowest BCUT2D eigenvalue weighted by molar-refractivity contribution is 0.233. The van der Waals surface area contributed by atoms with Crippen LogP contribution in [0, 0.1) is 11.3 Å². The fourth-order valence-corrected chi connectivity index (χ4v) is 2.57. The first kappa shape index (κ1) is 11.1. The average Bonchev–Trinajstić information content (AvgIpc) is 2.29. The molecule has 3 heteroatoms. The maximum absolute atomic E-state index is 9.52. The van der Waals surface area contributed by atoms with Crippen molar-refractivity contribution in [1.82, 2.24) is 10.3 Å². The summed E-state index contributed by atoms with van der Waals surface area (Å²) in [5, 5.41) is 13.0. The highest BCUT2D eigenvalue weighted by atomic mass is 15.0. The summed E-state index contributed by atoms with van der Waals surface area (Å²) in [6, 6.07) is 6.43. The third-order valence-electron chi connectivity index (χ3n) is 3.33. The lowest BCUT2D eigenvalue weighted by atomic mass is 9.69. The van der Waals surface area contributed by atoms with Crippen LogP contribution in [0.25, 0.3) is 0 Å². The number of nitrogens with one attached hydrogen (secondary N) is 1. The summed E-state index contributed by atoms with van der Waals surface area (Å²) in [4.78, 5) is 4.13. The van der Waals surface area contributed by atoms with Crippen LogP contribution in [0.3, 0.4) is 0 Å². The van der Waals surface area contributed by atoms with Gasteiger partial charge in [-0.25, -0.2) is 0 Å². The summed E-state index contributed by atoms with van der Waals surface area (Å²) in [5.74, 6) is 0. The van der Waals surface area contributed by atoms with Crippen molar-refractivity contribution in [3.05, 3.63) is 30.1 Å². The quantitative estimate of drug-likeness (QED) is 0.779. The molecule has 3 nitrogen and oxygen atoms in total. The molecule has 0 spiro atoms. The van der Waals surface area contributed by atoms with Gasteiger partial charge >= 0.3 is 0 Å². The Kier molecular flexibility index (Phi) is 2.69. The number of piperidine rings is 1. The number of aromatic nitrogens is 1. The third kappa shape index (κ3) is 1.94. The lowest BCUT2D eigenvalue weighted by Gasteiger charge is -2.41. The molecule has 2 heterocycles. The number of pyridine rings is 1. The number of hydrogen-bond donors (Lipinski definition) is 1. The second kappa shape index (κ2) is 3.88. The minimum absolute atomic E-state index is 0.0177. The van der Waals surface area contributed by atoms with E-state index in [-0.39, 0.29) is 11.0 Å². The molecule has 0 amide bonds. The maximum atomic E-state index is 9.52. The first-order valence-electron chi connectivity index (χ1n) is 5.65. The van der Waals surface area contributed by atoms with Crippen LogP contribution in [0.4, 0.5) is 0 Å². The Bertz CT molecular complexity index is 405. The van der Waals surface area contributed by atoms with E-state index < -0.39 is 0 Å². The molecule has 0 radical (unpaired) electrons. The topological polar surface area (TPSA) is 48.7 Å². The molecular formula is C13H17N3. The molecule has 16 heavy (non-hydrogen) atoms. The van der Waals surface area contributed by atoms with E-state index in [2.05, 4.69) is 30.2 Å². The van der Waals surface area contributed by atoms with Gasteiger partial charge in [0, 0.05) is 17.9 Å². The molecule has 0 saturated carbocycles. The van der Waals surface area contributed by atoms with Crippen LogP contribution in [-0.2, 0) is 5.41 Å². The van der Waals surface area contributed by atoms with Crippen LogP contribution in [0.2, 0.25) is 0 Å². The summed E-state index contributed by atoms with van der Waals surface area (Å²) in [7, 11) is 0. The average molecular weight is 215 g/mol. The Morgan fingerprint density at radius 2 is 2.31 bits per heavy atom. The van der Waals surface area contributed by atoms with Crippen molar-refractivity contribution in [2.24, 2.45) is 0 Å². The van der Waals surface area contributed by atoms with Crippen molar-refractivity contribution in [3.8, 4) is 6.07 Å². The van der Waals surface area contributed by atoms with Crippen LogP contribution < -0.4 is 5.32 Å². The van der Waals surface area contributed by atoms with Gasteiger partial charge in [0.25, 0.3) is 0 Å². The second-order valence-electron chi connectivity index (χ2n) is 5.17. The number of nitrogens with zero attached hydrogens (tertiary/aromatic N) is 2. The van der Waals surface area contributed by atoms with Crippen molar-refractivity contribution in [3.63, 3.8) is 0 Å². The first-order chi connectivity index (χ1) is 7.58. The summed E-state index contributed by atoms with van der Waals surface area (Å²) < 4.78 is 0. The molecule has 1 aromatic heterocycles. The lowest BCUT2D eigenvalue weighted by Crippen LogP contribution is -2.52. The Labute approximate surface area is 96.5 Å². The number of nitriles is 1. The fourth-order valence-electron chi connectivity index (χ4n) is 2.57. The van der Waals surface area contributed by atoms with E-state index in [1.807, 2.05) is 18.3 Å². The van der Waals surface area contributed by atoms with Gasteiger partial charge in [0.2, 0.25) is 0 Å². The summed E-state index contributed by atoms with van der Waals surface area (Å²) in [6.07, 6.45) is 5.27. The zero-order valence-electron chi connectivity index (χ0n) is 9.83. The molecule has 1 aromatic rings. The zero-order chi connectivity index (χ0) is 11.6. The Morgan fingerprint density at radius 1 is 1.50 bits per heavy atom. The number of rotatable bonds is 1. The van der Waals surface area contributed by atoms with Gasteiger partial charge in [-0.05, 0) is 44.9 Å². The molecule has 1 atom stereocenters. The zero-order valence-corrected chi connectivity index (χ0v) is 9.83. The molecule has 2 rings (SSSR count). The highest BCUT2D eigenvalue weighted by molar-refractivity contribution is 5.32. The van der Waals surface area contributed by atoms with Crippen molar-refractivity contribution >= 4 is 0 Å². The van der Waals surface area contributed by atoms with E-state index in [0.29, 0.717) is 0 Å². The van der Waals surface area contributed by atoms with Gasteiger partial charge < -0.3 is 5.32 Å². The van der Waals surface area contributed by atoms with E-state index in [4.69, 9.17) is 0 Å². The highest BCUT2D eigenvalue weighted by Gasteiger charge is 2.41. The summed E-state index contributed by atoms with van der Waals surface area (Å²) in [5.41, 5.74) is 0.694. The van der Waals surface area contributed by atoms with Gasteiger partial charge in [0.15, 0.2) is 0 Å². The summed E-state index contributed by atoms with van der Waals surface area (Å²) >= 11 is 0. The van der Waals surface area contributed by atoms with E-state index in [1.54, 1.807) is 6.20 Å². The van der Waals surface area contributed by atoms with Crippen molar-refractivity contribution in [2.45, 2.75) is 37.6 Å². The fraction of sp³-hybridized carbons (Fsp3) is 0.538. The third-order valence-corrected chi connectivity index (χ3v) is 3.33. The molecular weight excluding hydrogens is 198 g/mol.